The van der Waals surface area contributed by atoms with Gasteiger partial charge in [0.2, 0.25) is 0 Å². The summed E-state index contributed by atoms with van der Waals surface area (Å²) in [4.78, 5) is 10.6. The van der Waals surface area contributed by atoms with Gasteiger partial charge in [-0.1, -0.05) is 35.4 Å². The minimum atomic E-state index is 0.539. The van der Waals surface area contributed by atoms with Crippen molar-refractivity contribution in [1.82, 2.24) is 0 Å². The molecule has 1 nitrogen and oxygen atoms in total. The third kappa shape index (κ3) is 2.24. The van der Waals surface area contributed by atoms with Crippen molar-refractivity contribution in [3.05, 3.63) is 40.5 Å². The van der Waals surface area contributed by atoms with E-state index in [4.69, 9.17) is 11.6 Å². The zero-order valence-corrected chi connectivity index (χ0v) is 9.35. The highest BCUT2D eigenvalue weighted by molar-refractivity contribution is 6.50. The molecule has 0 atom stereocenters. The fourth-order valence-electron chi connectivity index (χ4n) is 1.32. The number of aryl methyl sites for hydroxylation is 2. The Bertz CT molecular complexity index is 391. The van der Waals surface area contributed by atoms with E-state index in [-0.39, 0.29) is 0 Å². The number of benzene rings is 1. The third-order valence-corrected chi connectivity index (χ3v) is 2.64. The van der Waals surface area contributed by atoms with Gasteiger partial charge in [0.15, 0.2) is 0 Å². The fraction of sp³-hybridized carbons (Fsp3) is 0.250. The molecular formula is C12H13ClO. The van der Waals surface area contributed by atoms with E-state index in [9.17, 15) is 4.79 Å². The lowest BCUT2D eigenvalue weighted by Gasteiger charge is -2.06. The average Bonchev–Trinajstić information content (AvgIpc) is 2.15. The Labute approximate surface area is 89.4 Å². The smallest absolute Gasteiger partial charge is 0.147 e. The SMILES string of the molecule is CC(C=O)=C(Cl)c1ccc(C)cc1C. The number of halogens is 1. The highest BCUT2D eigenvalue weighted by Gasteiger charge is 2.05. The normalized spacial score (nSPS) is 12.3. The Morgan fingerprint density at radius 1 is 1.36 bits per heavy atom. The second-order valence-corrected chi connectivity index (χ2v) is 3.81. The molecule has 0 bridgehead atoms. The largest absolute Gasteiger partial charge is 0.298 e. The lowest BCUT2D eigenvalue weighted by atomic mass is 10.0. The van der Waals surface area contributed by atoms with Crippen molar-refractivity contribution in [3.8, 4) is 0 Å². The molecule has 0 heterocycles. The highest BCUT2D eigenvalue weighted by Crippen LogP contribution is 2.25. The summed E-state index contributed by atoms with van der Waals surface area (Å²) >= 11 is 6.06. The minimum absolute atomic E-state index is 0.539. The van der Waals surface area contributed by atoms with Gasteiger partial charge in [0, 0.05) is 5.57 Å². The number of carbonyl (C=O) groups excluding carboxylic acids is 1. The average molecular weight is 209 g/mol. The van der Waals surface area contributed by atoms with Crippen LogP contribution in [-0.2, 0) is 4.79 Å². The van der Waals surface area contributed by atoms with Crippen LogP contribution in [0.15, 0.2) is 23.8 Å². The summed E-state index contributed by atoms with van der Waals surface area (Å²) in [5.74, 6) is 0. The molecule has 1 aromatic carbocycles. The molecule has 0 aliphatic carbocycles. The number of carbonyl (C=O) groups is 1. The number of hydrogen-bond acceptors (Lipinski definition) is 1. The maximum absolute atomic E-state index is 10.6. The van der Waals surface area contributed by atoms with Crippen LogP contribution in [0, 0.1) is 13.8 Å². The summed E-state index contributed by atoms with van der Waals surface area (Å²) in [6, 6.07) is 5.98. The molecule has 0 N–H and O–H groups in total. The van der Waals surface area contributed by atoms with Crippen LogP contribution < -0.4 is 0 Å². The predicted molar refractivity (Wildman–Crippen MR) is 60.4 cm³/mol. The first-order valence-electron chi connectivity index (χ1n) is 4.45. The molecule has 0 spiro atoms. The van der Waals surface area contributed by atoms with Crippen LogP contribution in [0.25, 0.3) is 5.03 Å². The van der Waals surface area contributed by atoms with Crippen LogP contribution in [0.1, 0.15) is 23.6 Å². The summed E-state index contributed by atoms with van der Waals surface area (Å²) in [6.45, 7) is 5.73. The van der Waals surface area contributed by atoms with Gasteiger partial charge in [-0.25, -0.2) is 0 Å². The summed E-state index contributed by atoms with van der Waals surface area (Å²) in [6.07, 6.45) is 0.779. The molecule has 0 amide bonds. The molecule has 1 rings (SSSR count). The molecule has 0 saturated carbocycles. The van der Waals surface area contributed by atoms with Crippen LogP contribution in [0.4, 0.5) is 0 Å². The van der Waals surface area contributed by atoms with Gasteiger partial charge in [-0.05, 0) is 31.9 Å². The number of aldehydes is 1. The molecule has 0 aliphatic rings. The first-order chi connectivity index (χ1) is 6.56. The van der Waals surface area contributed by atoms with Crippen molar-refractivity contribution in [3.63, 3.8) is 0 Å². The lowest BCUT2D eigenvalue weighted by molar-refractivity contribution is -0.104. The van der Waals surface area contributed by atoms with Gasteiger partial charge >= 0.3 is 0 Å². The van der Waals surface area contributed by atoms with Gasteiger partial charge < -0.3 is 0 Å². The Morgan fingerprint density at radius 3 is 2.50 bits per heavy atom. The summed E-state index contributed by atoms with van der Waals surface area (Å²) in [7, 11) is 0. The molecule has 0 unspecified atom stereocenters. The van der Waals surface area contributed by atoms with Crippen LogP contribution in [0.2, 0.25) is 0 Å². The van der Waals surface area contributed by atoms with E-state index < -0.39 is 0 Å². The van der Waals surface area contributed by atoms with Crippen molar-refractivity contribution >= 4 is 22.9 Å². The zero-order valence-electron chi connectivity index (χ0n) is 8.60. The molecule has 0 saturated heterocycles. The van der Waals surface area contributed by atoms with Crippen molar-refractivity contribution in [2.75, 3.05) is 0 Å². The van der Waals surface area contributed by atoms with Gasteiger partial charge in [-0.3, -0.25) is 4.79 Å². The number of rotatable bonds is 2. The van der Waals surface area contributed by atoms with Crippen molar-refractivity contribution in [2.45, 2.75) is 20.8 Å². The van der Waals surface area contributed by atoms with Gasteiger partial charge in [0.25, 0.3) is 0 Å². The van der Waals surface area contributed by atoms with E-state index in [2.05, 4.69) is 6.07 Å². The Morgan fingerprint density at radius 2 is 2.00 bits per heavy atom. The van der Waals surface area contributed by atoms with Gasteiger partial charge in [0.1, 0.15) is 6.29 Å². The van der Waals surface area contributed by atoms with E-state index in [0.717, 1.165) is 17.4 Å². The number of hydrogen-bond donors (Lipinski definition) is 0. The molecule has 74 valence electrons. The van der Waals surface area contributed by atoms with Crippen LogP contribution in [0.5, 0.6) is 0 Å². The minimum Gasteiger partial charge on any atom is -0.298 e. The van der Waals surface area contributed by atoms with E-state index in [0.29, 0.717) is 10.6 Å². The van der Waals surface area contributed by atoms with Crippen LogP contribution in [-0.4, -0.2) is 6.29 Å². The zero-order chi connectivity index (χ0) is 10.7. The second-order valence-electron chi connectivity index (χ2n) is 3.43. The maximum atomic E-state index is 10.6. The molecular weight excluding hydrogens is 196 g/mol. The Kier molecular flexibility index (Phi) is 3.48. The van der Waals surface area contributed by atoms with E-state index in [1.165, 1.54) is 5.56 Å². The van der Waals surface area contributed by atoms with E-state index in [1.807, 2.05) is 26.0 Å². The standard InChI is InChI=1S/C12H13ClO/c1-8-4-5-11(9(2)6-8)12(13)10(3)7-14/h4-7H,1-3H3. The van der Waals surface area contributed by atoms with Gasteiger partial charge in [-0.15, -0.1) is 0 Å². The first-order valence-corrected chi connectivity index (χ1v) is 4.83. The van der Waals surface area contributed by atoms with E-state index >= 15 is 0 Å². The molecule has 0 radical (unpaired) electrons. The Balaban J connectivity index is 3.27. The third-order valence-electron chi connectivity index (χ3n) is 2.14. The predicted octanol–water partition coefficient (Wildman–Crippen LogP) is 3.47. The molecule has 0 aromatic heterocycles. The highest BCUT2D eigenvalue weighted by atomic mass is 35.5. The Hall–Kier alpha value is -1.08. The molecule has 1 aromatic rings. The van der Waals surface area contributed by atoms with Gasteiger partial charge in [-0.2, -0.15) is 0 Å². The van der Waals surface area contributed by atoms with Crippen molar-refractivity contribution < 1.29 is 4.79 Å². The summed E-state index contributed by atoms with van der Waals surface area (Å²) in [5.41, 5.74) is 3.79. The topological polar surface area (TPSA) is 17.1 Å². The molecule has 14 heavy (non-hydrogen) atoms. The lowest BCUT2D eigenvalue weighted by Crippen LogP contribution is -1.89. The van der Waals surface area contributed by atoms with E-state index in [1.54, 1.807) is 6.92 Å². The quantitative estimate of drug-likeness (QED) is 0.537. The monoisotopic (exact) mass is 208 g/mol. The number of allylic oxidation sites excluding steroid dienone is 1. The second kappa shape index (κ2) is 4.43. The van der Waals surface area contributed by atoms with Crippen LogP contribution in [0.3, 0.4) is 0 Å². The molecule has 0 fully saturated rings. The first kappa shape index (κ1) is 11.0. The fourth-order valence-corrected chi connectivity index (χ4v) is 1.58. The van der Waals surface area contributed by atoms with Crippen molar-refractivity contribution in [1.29, 1.82) is 0 Å². The molecule has 2 heteroatoms. The van der Waals surface area contributed by atoms with Crippen LogP contribution >= 0.6 is 11.6 Å². The maximum Gasteiger partial charge on any atom is 0.147 e. The summed E-state index contributed by atoms with van der Waals surface area (Å²) in [5, 5.41) is 0.539. The summed E-state index contributed by atoms with van der Waals surface area (Å²) < 4.78 is 0. The van der Waals surface area contributed by atoms with Crippen molar-refractivity contribution in [2.24, 2.45) is 0 Å². The van der Waals surface area contributed by atoms with Gasteiger partial charge in [0.05, 0.1) is 5.03 Å². The molecule has 0 aliphatic heterocycles.